The standard InChI is InChI=1S/C26H42N2O3S/c1-4-5-6-7-8-9-10-11-12-13-14-15-18-27-25(29)22-20-32-26(28-22)21-16-17-23(30-2)24(19-21)31-3/h16-17,19,22H,4-15,18,20H2,1-3H3,(H,27,29). The fraction of sp³-hybridized carbons (Fsp3) is 0.692. The van der Waals surface area contributed by atoms with Crippen molar-refractivity contribution in [3.63, 3.8) is 0 Å². The molecule has 1 aromatic rings. The molecule has 1 atom stereocenters. The van der Waals surface area contributed by atoms with Crippen LogP contribution in [0.3, 0.4) is 0 Å². The molecule has 5 nitrogen and oxygen atoms in total. The third kappa shape index (κ3) is 9.43. The van der Waals surface area contributed by atoms with E-state index in [4.69, 9.17) is 9.47 Å². The van der Waals surface area contributed by atoms with Crippen LogP contribution in [-0.2, 0) is 4.79 Å². The van der Waals surface area contributed by atoms with Gasteiger partial charge in [-0.2, -0.15) is 0 Å². The fourth-order valence-corrected chi connectivity index (χ4v) is 4.97. The lowest BCUT2D eigenvalue weighted by Crippen LogP contribution is -2.34. The number of thioether (sulfide) groups is 1. The normalized spacial score (nSPS) is 15.5. The van der Waals surface area contributed by atoms with Crippen LogP contribution >= 0.6 is 11.8 Å². The van der Waals surface area contributed by atoms with Crippen molar-refractivity contribution in [3.05, 3.63) is 23.8 Å². The van der Waals surface area contributed by atoms with Crippen LogP contribution in [0.4, 0.5) is 0 Å². The van der Waals surface area contributed by atoms with Gasteiger partial charge in [-0.05, 0) is 24.6 Å². The number of rotatable bonds is 17. The van der Waals surface area contributed by atoms with Gasteiger partial charge in [-0.15, -0.1) is 11.8 Å². The highest BCUT2D eigenvalue weighted by molar-refractivity contribution is 8.14. The first-order chi connectivity index (χ1) is 15.7. The van der Waals surface area contributed by atoms with E-state index in [0.29, 0.717) is 17.3 Å². The Kier molecular flexibility index (Phi) is 13.3. The lowest BCUT2D eigenvalue weighted by molar-refractivity contribution is -0.121. The smallest absolute Gasteiger partial charge is 0.245 e. The molecule has 0 radical (unpaired) electrons. The van der Waals surface area contributed by atoms with Gasteiger partial charge in [0.05, 0.1) is 19.3 Å². The SMILES string of the molecule is CCCCCCCCCCCCCCNC(=O)C1CSC(c2ccc(OC)c(OC)c2)=N1. The largest absolute Gasteiger partial charge is 0.493 e. The van der Waals surface area contributed by atoms with Crippen LogP contribution in [0.1, 0.15) is 89.5 Å². The number of hydrogen-bond donors (Lipinski definition) is 1. The second-order valence-electron chi connectivity index (χ2n) is 8.51. The number of methoxy groups -OCH3 is 2. The molecule has 0 spiro atoms. The second kappa shape index (κ2) is 16.0. The van der Waals surface area contributed by atoms with Crippen molar-refractivity contribution in [2.45, 2.75) is 90.0 Å². The Labute approximate surface area is 199 Å². The van der Waals surface area contributed by atoms with Gasteiger partial charge in [0.25, 0.3) is 0 Å². The quantitative estimate of drug-likeness (QED) is 0.273. The molecule has 6 heteroatoms. The van der Waals surface area contributed by atoms with E-state index >= 15 is 0 Å². The first-order valence-electron chi connectivity index (χ1n) is 12.4. The first kappa shape index (κ1) is 26.6. The lowest BCUT2D eigenvalue weighted by Gasteiger charge is -2.09. The van der Waals surface area contributed by atoms with Gasteiger partial charge in [0.1, 0.15) is 6.04 Å². The molecular formula is C26H42N2O3S. The summed E-state index contributed by atoms with van der Waals surface area (Å²) in [5.41, 5.74) is 0.962. The molecule has 0 aliphatic carbocycles. The van der Waals surface area contributed by atoms with E-state index in [0.717, 1.165) is 23.6 Å². The summed E-state index contributed by atoms with van der Waals surface area (Å²) < 4.78 is 10.7. The number of benzene rings is 1. The Hall–Kier alpha value is -1.69. The molecule has 0 aromatic heterocycles. The van der Waals surface area contributed by atoms with E-state index < -0.39 is 0 Å². The minimum Gasteiger partial charge on any atom is -0.493 e. The van der Waals surface area contributed by atoms with Gasteiger partial charge in [-0.1, -0.05) is 77.6 Å². The zero-order chi connectivity index (χ0) is 23.0. The van der Waals surface area contributed by atoms with E-state index in [1.165, 1.54) is 70.6 Å². The summed E-state index contributed by atoms with van der Waals surface area (Å²) in [5.74, 6) is 2.09. The Morgan fingerprint density at radius 3 is 2.12 bits per heavy atom. The zero-order valence-corrected chi connectivity index (χ0v) is 21.1. The van der Waals surface area contributed by atoms with Crippen LogP contribution < -0.4 is 14.8 Å². The van der Waals surface area contributed by atoms with Gasteiger partial charge in [-0.25, -0.2) is 0 Å². The highest BCUT2D eigenvalue weighted by Crippen LogP contribution is 2.31. The van der Waals surface area contributed by atoms with Crippen molar-refractivity contribution >= 4 is 22.7 Å². The van der Waals surface area contributed by atoms with Crippen molar-refractivity contribution in [1.29, 1.82) is 0 Å². The summed E-state index contributed by atoms with van der Waals surface area (Å²) >= 11 is 1.62. The lowest BCUT2D eigenvalue weighted by atomic mass is 10.1. The summed E-state index contributed by atoms with van der Waals surface area (Å²) in [5, 5.41) is 3.95. The van der Waals surface area contributed by atoms with Crippen LogP contribution in [0.15, 0.2) is 23.2 Å². The monoisotopic (exact) mass is 462 g/mol. The van der Waals surface area contributed by atoms with E-state index in [2.05, 4.69) is 17.2 Å². The summed E-state index contributed by atoms with van der Waals surface area (Å²) in [4.78, 5) is 17.1. The van der Waals surface area contributed by atoms with E-state index in [1.807, 2.05) is 18.2 Å². The fourth-order valence-electron chi connectivity index (χ4n) is 3.93. The molecule has 1 amide bonds. The van der Waals surface area contributed by atoms with Crippen molar-refractivity contribution in [1.82, 2.24) is 5.32 Å². The number of carbonyl (C=O) groups excluding carboxylic acids is 1. The Balaban J connectivity index is 1.56. The van der Waals surface area contributed by atoms with Crippen LogP contribution in [0.25, 0.3) is 0 Å². The Bertz CT molecular complexity index is 708. The number of aliphatic imine (C=N–C) groups is 1. The number of amides is 1. The summed E-state index contributed by atoms with van der Waals surface area (Å²) in [6.07, 6.45) is 15.9. The predicted molar refractivity (Wildman–Crippen MR) is 136 cm³/mol. The summed E-state index contributed by atoms with van der Waals surface area (Å²) in [6, 6.07) is 5.44. The van der Waals surface area contributed by atoms with Gasteiger partial charge in [0.15, 0.2) is 11.5 Å². The average molecular weight is 463 g/mol. The van der Waals surface area contributed by atoms with Gasteiger partial charge >= 0.3 is 0 Å². The third-order valence-electron chi connectivity index (χ3n) is 5.91. The highest BCUT2D eigenvalue weighted by atomic mass is 32.2. The van der Waals surface area contributed by atoms with Crippen LogP contribution in [0, 0.1) is 0 Å². The number of nitrogens with one attached hydrogen (secondary N) is 1. The van der Waals surface area contributed by atoms with Crippen molar-refractivity contribution < 1.29 is 14.3 Å². The van der Waals surface area contributed by atoms with Gasteiger partial charge < -0.3 is 14.8 Å². The molecule has 1 aliphatic rings. The van der Waals surface area contributed by atoms with Gasteiger partial charge in [-0.3, -0.25) is 9.79 Å². The average Bonchev–Trinajstić information content (AvgIpc) is 3.32. The number of hydrogen-bond acceptors (Lipinski definition) is 5. The molecule has 1 aromatic carbocycles. The van der Waals surface area contributed by atoms with Crippen LogP contribution in [0.5, 0.6) is 11.5 Å². The maximum Gasteiger partial charge on any atom is 0.245 e. The molecule has 1 unspecified atom stereocenters. The van der Waals surface area contributed by atoms with Crippen molar-refractivity contribution in [2.24, 2.45) is 4.99 Å². The maximum atomic E-state index is 12.5. The molecule has 1 N–H and O–H groups in total. The summed E-state index contributed by atoms with van der Waals surface area (Å²) in [7, 11) is 3.24. The van der Waals surface area contributed by atoms with Crippen LogP contribution in [-0.4, -0.2) is 43.5 Å². The van der Waals surface area contributed by atoms with E-state index in [-0.39, 0.29) is 11.9 Å². The molecule has 0 saturated carbocycles. The molecule has 32 heavy (non-hydrogen) atoms. The predicted octanol–water partition coefficient (Wildman–Crippen LogP) is 6.38. The molecule has 180 valence electrons. The molecule has 1 heterocycles. The van der Waals surface area contributed by atoms with Gasteiger partial charge in [0, 0.05) is 17.9 Å². The Morgan fingerprint density at radius 1 is 0.938 bits per heavy atom. The number of unbranched alkanes of at least 4 members (excludes halogenated alkanes) is 11. The Morgan fingerprint density at radius 2 is 1.53 bits per heavy atom. The van der Waals surface area contributed by atoms with Gasteiger partial charge in [0.2, 0.25) is 5.91 Å². The second-order valence-corrected chi connectivity index (χ2v) is 9.52. The van der Waals surface area contributed by atoms with Crippen molar-refractivity contribution in [2.75, 3.05) is 26.5 Å². The molecule has 0 saturated heterocycles. The van der Waals surface area contributed by atoms with E-state index in [9.17, 15) is 4.79 Å². The van der Waals surface area contributed by atoms with Crippen LogP contribution in [0.2, 0.25) is 0 Å². The summed E-state index contributed by atoms with van der Waals surface area (Å²) in [6.45, 7) is 3.02. The minimum atomic E-state index is -0.305. The molecule has 2 rings (SSSR count). The topological polar surface area (TPSA) is 59.9 Å². The third-order valence-corrected chi connectivity index (χ3v) is 7.01. The van der Waals surface area contributed by atoms with E-state index in [1.54, 1.807) is 26.0 Å². The maximum absolute atomic E-state index is 12.5. The zero-order valence-electron chi connectivity index (χ0n) is 20.3. The first-order valence-corrected chi connectivity index (χ1v) is 13.4. The molecule has 1 aliphatic heterocycles. The molecular weight excluding hydrogens is 420 g/mol. The highest BCUT2D eigenvalue weighted by Gasteiger charge is 2.26. The van der Waals surface area contributed by atoms with Crippen molar-refractivity contribution in [3.8, 4) is 11.5 Å². The molecule has 0 bridgehead atoms. The number of carbonyl (C=O) groups is 1. The number of nitrogens with zero attached hydrogens (tertiary/aromatic N) is 1. The molecule has 0 fully saturated rings. The number of ether oxygens (including phenoxy) is 2. The minimum absolute atomic E-state index is 0.0380.